The minimum atomic E-state index is -2.01. The highest BCUT2D eigenvalue weighted by Gasteiger charge is 2.48. The first-order valence-electron chi connectivity index (χ1n) is 12.2. The quantitative estimate of drug-likeness (QED) is 0.227. The maximum atomic E-state index is 10.8. The minimum absolute atomic E-state index is 0.0658. The van der Waals surface area contributed by atoms with Gasteiger partial charge in [0.25, 0.3) is 0 Å². The van der Waals surface area contributed by atoms with Crippen LogP contribution in [0.5, 0.6) is 0 Å². The van der Waals surface area contributed by atoms with E-state index in [0.717, 1.165) is 32.1 Å². The molecule has 0 aliphatic carbocycles. The molecule has 0 spiro atoms. The second kappa shape index (κ2) is 11.9. The predicted molar refractivity (Wildman–Crippen MR) is 135 cm³/mol. The van der Waals surface area contributed by atoms with E-state index < -0.39 is 20.0 Å². The van der Waals surface area contributed by atoms with Gasteiger partial charge in [-0.25, -0.2) is 0 Å². The van der Waals surface area contributed by atoms with Crippen LogP contribution in [0.1, 0.15) is 71.8 Å². The zero-order valence-electron chi connectivity index (χ0n) is 21.2. The van der Waals surface area contributed by atoms with Gasteiger partial charge in [-0.1, -0.05) is 57.2 Å². The van der Waals surface area contributed by atoms with Gasteiger partial charge in [-0.3, -0.25) is 0 Å². The molecule has 1 aliphatic heterocycles. The molecule has 1 aromatic rings. The third-order valence-corrected chi connectivity index (χ3v) is 11.8. The van der Waals surface area contributed by atoms with Crippen molar-refractivity contribution >= 4 is 8.32 Å². The van der Waals surface area contributed by atoms with Crippen molar-refractivity contribution in [3.05, 3.63) is 48.6 Å². The molecule has 1 N–H and O–H groups in total. The monoisotopic (exact) mass is 462 g/mol. The molecule has 0 amide bonds. The molecule has 32 heavy (non-hydrogen) atoms. The third kappa shape index (κ3) is 7.81. The Morgan fingerprint density at radius 1 is 1.22 bits per heavy atom. The zero-order valence-corrected chi connectivity index (χ0v) is 22.2. The molecule has 1 fully saturated rings. The lowest BCUT2D eigenvalue weighted by Gasteiger charge is -2.47. The van der Waals surface area contributed by atoms with Gasteiger partial charge < -0.3 is 19.0 Å². The summed E-state index contributed by atoms with van der Waals surface area (Å²) in [5, 5.41) is 10.9. The lowest BCUT2D eigenvalue weighted by atomic mass is 9.90. The molecule has 4 nitrogen and oxygen atoms in total. The summed E-state index contributed by atoms with van der Waals surface area (Å²) in [4.78, 5) is 0. The number of benzene rings is 1. The van der Waals surface area contributed by atoms with Crippen molar-refractivity contribution < 1.29 is 19.0 Å². The summed E-state index contributed by atoms with van der Waals surface area (Å²) < 4.78 is 19.5. The molecule has 1 saturated heterocycles. The molecule has 1 aliphatic rings. The zero-order chi connectivity index (χ0) is 23.8. The van der Waals surface area contributed by atoms with E-state index >= 15 is 0 Å². The molecule has 1 aromatic carbocycles. The normalized spacial score (nSPS) is 27.2. The predicted octanol–water partition coefficient (Wildman–Crippen LogP) is 6.64. The molecule has 0 saturated carbocycles. The van der Waals surface area contributed by atoms with Gasteiger partial charge in [0.2, 0.25) is 0 Å². The van der Waals surface area contributed by atoms with Crippen LogP contribution in [0.25, 0.3) is 0 Å². The van der Waals surface area contributed by atoms with Crippen LogP contribution in [0.15, 0.2) is 43.0 Å². The molecule has 1 heterocycles. The largest absolute Gasteiger partial charge is 0.409 e. The third-order valence-electron chi connectivity index (χ3n) is 7.20. The maximum absolute atomic E-state index is 10.8. The number of hydrogen-bond donors (Lipinski definition) is 1. The molecular formula is C27H46O4Si. The molecule has 5 heteroatoms. The number of hydrogen-bond acceptors (Lipinski definition) is 4. The highest BCUT2D eigenvalue weighted by molar-refractivity contribution is 6.74. The van der Waals surface area contributed by atoms with Gasteiger partial charge in [-0.2, -0.15) is 0 Å². The highest BCUT2D eigenvalue weighted by atomic mass is 28.4. The first-order valence-corrected chi connectivity index (χ1v) is 15.2. The maximum Gasteiger partial charge on any atom is 0.192 e. The van der Waals surface area contributed by atoms with Crippen molar-refractivity contribution in [1.29, 1.82) is 0 Å². The Morgan fingerprint density at radius 3 is 2.53 bits per heavy atom. The summed E-state index contributed by atoms with van der Waals surface area (Å²) in [7, 11) is -2.01. The molecule has 0 unspecified atom stereocenters. The summed E-state index contributed by atoms with van der Waals surface area (Å²) >= 11 is 0. The van der Waals surface area contributed by atoms with Crippen molar-refractivity contribution in [1.82, 2.24) is 0 Å². The Hall–Kier alpha value is -0.983. The van der Waals surface area contributed by atoms with Crippen molar-refractivity contribution in [2.45, 2.75) is 115 Å². The van der Waals surface area contributed by atoms with E-state index in [1.165, 1.54) is 5.56 Å². The molecule has 0 radical (unpaired) electrons. The molecular weight excluding hydrogens is 416 g/mol. The highest BCUT2D eigenvalue weighted by Crippen LogP contribution is 2.43. The van der Waals surface area contributed by atoms with Gasteiger partial charge in [-0.15, -0.1) is 6.58 Å². The second-order valence-corrected chi connectivity index (χ2v) is 15.7. The van der Waals surface area contributed by atoms with E-state index in [9.17, 15) is 5.11 Å². The van der Waals surface area contributed by atoms with E-state index in [0.29, 0.717) is 19.6 Å². The van der Waals surface area contributed by atoms with E-state index in [1.807, 2.05) is 24.3 Å². The lowest BCUT2D eigenvalue weighted by Crippen LogP contribution is -2.54. The van der Waals surface area contributed by atoms with Gasteiger partial charge in [0.15, 0.2) is 8.32 Å². The van der Waals surface area contributed by atoms with Gasteiger partial charge >= 0.3 is 0 Å². The van der Waals surface area contributed by atoms with Gasteiger partial charge in [-0.05, 0) is 69.1 Å². The van der Waals surface area contributed by atoms with Crippen molar-refractivity contribution in [3.8, 4) is 0 Å². The fourth-order valence-electron chi connectivity index (χ4n) is 4.13. The Morgan fingerprint density at radius 2 is 1.91 bits per heavy atom. The van der Waals surface area contributed by atoms with Crippen LogP contribution in [0, 0.1) is 0 Å². The summed E-state index contributed by atoms with van der Waals surface area (Å²) in [5.74, 6) is 0. The van der Waals surface area contributed by atoms with Crippen LogP contribution in [-0.4, -0.2) is 43.9 Å². The SMILES string of the molecule is C=CCC[C@@H]1O[C@H](CCCOCc2ccccc2)[C@@](C)(O[Si](C)(C)C(C)(C)C)CC[C@H]1O. The number of allylic oxidation sites excluding steroid dienone is 1. The van der Waals surface area contributed by atoms with Crippen LogP contribution in [0.4, 0.5) is 0 Å². The summed E-state index contributed by atoms with van der Waals surface area (Å²) in [6, 6.07) is 10.3. The van der Waals surface area contributed by atoms with Crippen LogP contribution < -0.4 is 0 Å². The Kier molecular flexibility index (Phi) is 10.2. The topological polar surface area (TPSA) is 47.9 Å². The Balaban J connectivity index is 2.07. The number of aliphatic hydroxyl groups excluding tert-OH is 1. The first kappa shape index (κ1) is 27.3. The lowest BCUT2D eigenvalue weighted by molar-refractivity contribution is -0.129. The summed E-state index contributed by atoms with van der Waals surface area (Å²) in [6.45, 7) is 18.8. The summed E-state index contributed by atoms with van der Waals surface area (Å²) in [5.41, 5.74) is 0.781. The number of ether oxygens (including phenoxy) is 2. The van der Waals surface area contributed by atoms with Gasteiger partial charge in [0.05, 0.1) is 30.5 Å². The van der Waals surface area contributed by atoms with Gasteiger partial charge in [0, 0.05) is 6.61 Å². The van der Waals surface area contributed by atoms with Crippen LogP contribution >= 0.6 is 0 Å². The average molecular weight is 463 g/mol. The summed E-state index contributed by atoms with van der Waals surface area (Å²) in [6.07, 6.45) is 6.10. The van der Waals surface area contributed by atoms with Crippen LogP contribution in [-0.2, 0) is 20.5 Å². The van der Waals surface area contributed by atoms with Crippen molar-refractivity contribution in [2.75, 3.05) is 6.61 Å². The minimum Gasteiger partial charge on any atom is -0.409 e. The standard InChI is InChI=1S/C27H46O4Si/c1-8-9-16-24-23(28)18-19-27(5,31-32(6,7)26(2,3)4)25(30-24)17-13-20-29-21-22-14-11-10-12-15-22/h8,10-12,14-15,23-25,28H,1,9,13,16-21H2,2-7H3/t23-,24+,25-,27+/m1/s1. The molecule has 0 bridgehead atoms. The van der Waals surface area contributed by atoms with Crippen LogP contribution in [0.2, 0.25) is 18.1 Å². The Bertz CT molecular complexity index is 685. The fourth-order valence-corrected chi connectivity index (χ4v) is 5.84. The molecule has 0 aromatic heterocycles. The average Bonchev–Trinajstić information content (AvgIpc) is 2.83. The molecule has 2 rings (SSSR count). The number of rotatable bonds is 11. The van der Waals surface area contributed by atoms with E-state index in [2.05, 4.69) is 59.5 Å². The first-order chi connectivity index (χ1) is 15.0. The van der Waals surface area contributed by atoms with E-state index in [-0.39, 0.29) is 17.2 Å². The van der Waals surface area contributed by atoms with Gasteiger partial charge in [0.1, 0.15) is 0 Å². The Labute approximate surface area is 197 Å². The van der Waals surface area contributed by atoms with Crippen molar-refractivity contribution in [2.24, 2.45) is 0 Å². The van der Waals surface area contributed by atoms with Crippen molar-refractivity contribution in [3.63, 3.8) is 0 Å². The fraction of sp³-hybridized carbons (Fsp3) is 0.704. The number of aliphatic hydroxyl groups is 1. The smallest absolute Gasteiger partial charge is 0.192 e. The molecule has 4 atom stereocenters. The second-order valence-electron chi connectivity index (χ2n) is 11.0. The van der Waals surface area contributed by atoms with E-state index in [1.54, 1.807) is 0 Å². The molecule has 182 valence electrons. The van der Waals surface area contributed by atoms with Crippen LogP contribution in [0.3, 0.4) is 0 Å². The van der Waals surface area contributed by atoms with E-state index in [4.69, 9.17) is 13.9 Å².